The number of amides is 1. The first-order valence-electron chi connectivity index (χ1n) is 10.4. The summed E-state index contributed by atoms with van der Waals surface area (Å²) in [6, 6.07) is 20.2. The number of para-hydroxylation sites is 1. The van der Waals surface area contributed by atoms with Gasteiger partial charge in [0.25, 0.3) is 0 Å². The Morgan fingerprint density at radius 2 is 1.70 bits per heavy atom. The number of carbonyl (C=O) groups is 1. The Balaban J connectivity index is 1.52. The van der Waals surface area contributed by atoms with Gasteiger partial charge < -0.3 is 10.0 Å². The van der Waals surface area contributed by atoms with Crippen LogP contribution in [-0.4, -0.2) is 63.4 Å². The van der Waals surface area contributed by atoms with Crippen molar-refractivity contribution >= 4 is 5.91 Å². The van der Waals surface area contributed by atoms with E-state index in [1.807, 2.05) is 70.1 Å². The molecule has 1 aliphatic heterocycles. The molecule has 2 aromatic carbocycles. The average Bonchev–Trinajstić information content (AvgIpc) is 3.19. The SMILES string of the molecule is CN(CC(=O)N1CCC(O)CC1)Cc1cn(-c2ccccc2)nc1-c1ccccc1. The van der Waals surface area contributed by atoms with Crippen LogP contribution in [0.1, 0.15) is 18.4 Å². The maximum absolute atomic E-state index is 12.7. The number of hydrogen-bond donors (Lipinski definition) is 1. The van der Waals surface area contributed by atoms with Gasteiger partial charge in [-0.2, -0.15) is 5.10 Å². The number of aliphatic hydroxyl groups excluding tert-OH is 1. The first-order chi connectivity index (χ1) is 14.6. The Kier molecular flexibility index (Phi) is 6.26. The molecule has 1 fully saturated rings. The summed E-state index contributed by atoms with van der Waals surface area (Å²) in [5, 5.41) is 14.5. The second-order valence-electron chi connectivity index (χ2n) is 7.93. The van der Waals surface area contributed by atoms with Crippen molar-refractivity contribution in [1.82, 2.24) is 19.6 Å². The standard InChI is InChI=1S/C24H28N4O2/c1-26(18-23(30)27-14-12-22(29)13-15-27)16-20-17-28(21-10-6-3-7-11-21)25-24(20)19-8-4-2-5-9-19/h2-11,17,22,29H,12-16,18H2,1H3. The molecule has 2 heterocycles. The first-order valence-corrected chi connectivity index (χ1v) is 10.4. The van der Waals surface area contributed by atoms with E-state index >= 15 is 0 Å². The molecule has 0 atom stereocenters. The number of carbonyl (C=O) groups excluding carboxylic acids is 1. The van der Waals surface area contributed by atoms with Crippen LogP contribution in [0.2, 0.25) is 0 Å². The molecule has 0 unspecified atom stereocenters. The van der Waals surface area contributed by atoms with Gasteiger partial charge in [0.15, 0.2) is 0 Å². The zero-order valence-electron chi connectivity index (χ0n) is 17.3. The van der Waals surface area contributed by atoms with Crippen molar-refractivity contribution in [1.29, 1.82) is 0 Å². The molecule has 1 amide bonds. The van der Waals surface area contributed by atoms with Crippen LogP contribution in [0.5, 0.6) is 0 Å². The summed E-state index contributed by atoms with van der Waals surface area (Å²) in [7, 11) is 1.96. The van der Waals surface area contributed by atoms with Crippen molar-refractivity contribution in [2.24, 2.45) is 0 Å². The van der Waals surface area contributed by atoms with Gasteiger partial charge in [-0.05, 0) is 32.0 Å². The Bertz CT molecular complexity index is 963. The van der Waals surface area contributed by atoms with Gasteiger partial charge in [0.1, 0.15) is 0 Å². The van der Waals surface area contributed by atoms with E-state index in [-0.39, 0.29) is 12.0 Å². The molecular weight excluding hydrogens is 376 g/mol. The first kappa shape index (κ1) is 20.3. The number of aliphatic hydroxyl groups is 1. The van der Waals surface area contributed by atoms with Crippen LogP contribution in [-0.2, 0) is 11.3 Å². The third kappa shape index (κ3) is 4.78. The largest absolute Gasteiger partial charge is 0.393 e. The predicted molar refractivity (Wildman–Crippen MR) is 117 cm³/mol. The lowest BCUT2D eigenvalue weighted by Gasteiger charge is -2.31. The summed E-state index contributed by atoms with van der Waals surface area (Å²) in [6.07, 6.45) is 3.11. The van der Waals surface area contributed by atoms with Crippen LogP contribution < -0.4 is 0 Å². The van der Waals surface area contributed by atoms with Gasteiger partial charge in [0, 0.05) is 37.0 Å². The summed E-state index contributed by atoms with van der Waals surface area (Å²) < 4.78 is 1.90. The van der Waals surface area contributed by atoms with Gasteiger partial charge in [-0.3, -0.25) is 9.69 Å². The highest BCUT2D eigenvalue weighted by Gasteiger charge is 2.22. The number of benzene rings is 2. The molecule has 156 valence electrons. The van der Waals surface area contributed by atoms with Gasteiger partial charge in [0.05, 0.1) is 24.0 Å². The van der Waals surface area contributed by atoms with Crippen molar-refractivity contribution in [3.05, 3.63) is 72.4 Å². The number of nitrogens with zero attached hydrogens (tertiary/aromatic N) is 4. The van der Waals surface area contributed by atoms with E-state index in [1.165, 1.54) is 0 Å². The van der Waals surface area contributed by atoms with Crippen LogP contribution in [0.15, 0.2) is 66.9 Å². The summed E-state index contributed by atoms with van der Waals surface area (Å²) >= 11 is 0. The molecule has 6 nitrogen and oxygen atoms in total. The van der Waals surface area contributed by atoms with Crippen LogP contribution >= 0.6 is 0 Å². The van der Waals surface area contributed by atoms with Gasteiger partial charge in [-0.15, -0.1) is 0 Å². The molecule has 6 heteroatoms. The van der Waals surface area contributed by atoms with Crippen molar-refractivity contribution in [2.75, 3.05) is 26.7 Å². The fourth-order valence-electron chi connectivity index (χ4n) is 3.87. The lowest BCUT2D eigenvalue weighted by molar-refractivity contribution is -0.134. The Hall–Kier alpha value is -2.96. The second kappa shape index (κ2) is 9.24. The zero-order chi connectivity index (χ0) is 20.9. The number of rotatable bonds is 6. The molecule has 4 rings (SSSR count). The molecule has 1 saturated heterocycles. The van der Waals surface area contributed by atoms with Crippen LogP contribution in [0.3, 0.4) is 0 Å². The van der Waals surface area contributed by atoms with E-state index in [0.29, 0.717) is 39.0 Å². The van der Waals surface area contributed by atoms with Gasteiger partial charge in [0.2, 0.25) is 5.91 Å². The number of likely N-dealkylation sites (N-methyl/N-ethyl adjacent to an activating group) is 1. The predicted octanol–water partition coefficient (Wildman–Crippen LogP) is 2.95. The summed E-state index contributed by atoms with van der Waals surface area (Å²) in [5.74, 6) is 0.112. The summed E-state index contributed by atoms with van der Waals surface area (Å²) in [6.45, 7) is 2.24. The van der Waals surface area contributed by atoms with Crippen molar-refractivity contribution in [2.45, 2.75) is 25.5 Å². The Morgan fingerprint density at radius 3 is 2.37 bits per heavy atom. The quantitative estimate of drug-likeness (QED) is 0.686. The monoisotopic (exact) mass is 404 g/mol. The molecule has 0 saturated carbocycles. The van der Waals surface area contributed by atoms with Crippen molar-refractivity contribution < 1.29 is 9.90 Å². The van der Waals surface area contributed by atoms with E-state index in [1.54, 1.807) is 0 Å². The second-order valence-corrected chi connectivity index (χ2v) is 7.93. The lowest BCUT2D eigenvalue weighted by Crippen LogP contribution is -2.44. The molecule has 1 aromatic heterocycles. The lowest BCUT2D eigenvalue weighted by atomic mass is 10.1. The molecule has 0 bridgehead atoms. The third-order valence-corrected chi connectivity index (χ3v) is 5.52. The molecule has 0 aliphatic carbocycles. The van der Waals surface area contributed by atoms with Crippen molar-refractivity contribution in [3.8, 4) is 16.9 Å². The van der Waals surface area contributed by atoms with E-state index in [0.717, 1.165) is 22.5 Å². The number of aromatic nitrogens is 2. The molecule has 0 radical (unpaired) electrons. The molecular formula is C24H28N4O2. The summed E-state index contributed by atoms with van der Waals surface area (Å²) in [4.78, 5) is 16.6. The molecule has 3 aromatic rings. The van der Waals surface area contributed by atoms with Gasteiger partial charge in [-0.1, -0.05) is 48.5 Å². The highest BCUT2D eigenvalue weighted by Crippen LogP contribution is 2.24. The number of likely N-dealkylation sites (tertiary alicyclic amines) is 1. The minimum atomic E-state index is -0.274. The fourth-order valence-corrected chi connectivity index (χ4v) is 3.87. The zero-order valence-corrected chi connectivity index (χ0v) is 17.3. The minimum absolute atomic E-state index is 0.112. The van der Waals surface area contributed by atoms with Gasteiger partial charge >= 0.3 is 0 Å². The highest BCUT2D eigenvalue weighted by atomic mass is 16.3. The number of piperidine rings is 1. The van der Waals surface area contributed by atoms with Crippen LogP contribution in [0.25, 0.3) is 16.9 Å². The fraction of sp³-hybridized carbons (Fsp3) is 0.333. The average molecular weight is 405 g/mol. The third-order valence-electron chi connectivity index (χ3n) is 5.52. The normalized spacial score (nSPS) is 15.0. The van der Waals surface area contributed by atoms with Crippen molar-refractivity contribution in [3.63, 3.8) is 0 Å². The van der Waals surface area contributed by atoms with E-state index in [9.17, 15) is 9.90 Å². The van der Waals surface area contributed by atoms with Crippen LogP contribution in [0.4, 0.5) is 0 Å². The number of hydrogen-bond acceptors (Lipinski definition) is 4. The highest BCUT2D eigenvalue weighted by molar-refractivity contribution is 5.78. The van der Waals surface area contributed by atoms with E-state index < -0.39 is 0 Å². The van der Waals surface area contributed by atoms with E-state index in [2.05, 4.69) is 18.3 Å². The molecule has 1 aliphatic rings. The summed E-state index contributed by atoms with van der Waals surface area (Å²) in [5.41, 5.74) is 4.08. The van der Waals surface area contributed by atoms with E-state index in [4.69, 9.17) is 5.10 Å². The molecule has 1 N–H and O–H groups in total. The Morgan fingerprint density at radius 1 is 1.07 bits per heavy atom. The smallest absolute Gasteiger partial charge is 0.236 e. The topological polar surface area (TPSA) is 61.6 Å². The van der Waals surface area contributed by atoms with Gasteiger partial charge in [-0.25, -0.2) is 4.68 Å². The minimum Gasteiger partial charge on any atom is -0.393 e. The molecule has 30 heavy (non-hydrogen) atoms. The Labute approximate surface area is 177 Å². The maximum atomic E-state index is 12.7. The molecule has 0 spiro atoms. The van der Waals surface area contributed by atoms with Crippen LogP contribution in [0, 0.1) is 0 Å². The maximum Gasteiger partial charge on any atom is 0.236 e.